The van der Waals surface area contributed by atoms with E-state index in [9.17, 15) is 4.79 Å². The number of hydrogen-bond donors (Lipinski definition) is 2. The molecule has 1 rings (SSSR count). The molecule has 1 aromatic rings. The Labute approximate surface area is 102 Å². The maximum absolute atomic E-state index is 11.0. The Balaban J connectivity index is 2.52. The van der Waals surface area contributed by atoms with Crippen LogP contribution in [0.15, 0.2) is 18.2 Å². The van der Waals surface area contributed by atoms with Gasteiger partial charge < -0.3 is 4.74 Å². The van der Waals surface area contributed by atoms with E-state index in [1.165, 1.54) is 0 Å². The van der Waals surface area contributed by atoms with Crippen molar-refractivity contribution >= 4 is 5.91 Å². The van der Waals surface area contributed by atoms with Gasteiger partial charge in [0.05, 0.1) is 6.10 Å². The maximum Gasteiger partial charge on any atom is 0.234 e. The first kappa shape index (κ1) is 13.5. The number of rotatable bonds is 5. The highest BCUT2D eigenvalue weighted by atomic mass is 16.5. The maximum atomic E-state index is 11.0. The number of nitrogens with one attached hydrogen (secondary N) is 1. The summed E-state index contributed by atoms with van der Waals surface area (Å²) in [6.07, 6.45) is 1.02. The van der Waals surface area contributed by atoms with Crippen LogP contribution < -0.4 is 16.0 Å². The van der Waals surface area contributed by atoms with Crippen LogP contribution in [0.4, 0.5) is 0 Å². The van der Waals surface area contributed by atoms with E-state index < -0.39 is 0 Å². The van der Waals surface area contributed by atoms with Crippen LogP contribution >= 0.6 is 0 Å². The second-order valence-electron chi connectivity index (χ2n) is 4.30. The molecule has 3 N–H and O–H groups in total. The quantitative estimate of drug-likeness (QED) is 0.466. The summed E-state index contributed by atoms with van der Waals surface area (Å²) in [6.45, 7) is 5.98. The molecule has 94 valence electrons. The van der Waals surface area contributed by atoms with Crippen LogP contribution in [0.2, 0.25) is 0 Å². The number of hydrazine groups is 1. The van der Waals surface area contributed by atoms with E-state index in [2.05, 4.69) is 11.5 Å². The molecule has 0 aliphatic heterocycles. The number of amides is 1. The molecular formula is C13H20N2O2. The molecule has 17 heavy (non-hydrogen) atoms. The van der Waals surface area contributed by atoms with Crippen molar-refractivity contribution in [2.75, 3.05) is 0 Å². The number of aryl methyl sites for hydroxylation is 2. The predicted molar refractivity (Wildman–Crippen MR) is 67.6 cm³/mol. The van der Waals surface area contributed by atoms with E-state index in [0.717, 1.165) is 16.9 Å². The van der Waals surface area contributed by atoms with Crippen LogP contribution in [-0.4, -0.2) is 12.0 Å². The molecule has 0 spiro atoms. The minimum absolute atomic E-state index is 0.00667. The lowest BCUT2D eigenvalue weighted by atomic mass is 10.1. The van der Waals surface area contributed by atoms with Gasteiger partial charge in [0.1, 0.15) is 5.75 Å². The van der Waals surface area contributed by atoms with Crippen LogP contribution in [0.3, 0.4) is 0 Å². The fourth-order valence-electron chi connectivity index (χ4n) is 1.52. The van der Waals surface area contributed by atoms with Crippen LogP contribution in [0.1, 0.15) is 30.9 Å². The predicted octanol–water partition coefficient (Wildman–Crippen LogP) is 1.84. The summed E-state index contributed by atoms with van der Waals surface area (Å²) in [5, 5.41) is 0. The SMILES string of the molecule is Cc1ccc(C)c(OC(C)CCC(=O)NN)c1. The van der Waals surface area contributed by atoms with Crippen molar-refractivity contribution in [2.45, 2.75) is 39.7 Å². The van der Waals surface area contributed by atoms with Gasteiger partial charge in [0, 0.05) is 6.42 Å². The zero-order chi connectivity index (χ0) is 12.8. The third-order valence-electron chi connectivity index (χ3n) is 2.61. The second-order valence-corrected chi connectivity index (χ2v) is 4.30. The molecular weight excluding hydrogens is 216 g/mol. The van der Waals surface area contributed by atoms with Gasteiger partial charge in [-0.05, 0) is 44.4 Å². The molecule has 0 bridgehead atoms. The third-order valence-corrected chi connectivity index (χ3v) is 2.61. The molecule has 1 amide bonds. The average Bonchev–Trinajstić information content (AvgIpc) is 2.30. The lowest BCUT2D eigenvalue weighted by Gasteiger charge is -2.16. The van der Waals surface area contributed by atoms with Crippen molar-refractivity contribution < 1.29 is 9.53 Å². The number of ether oxygens (including phenoxy) is 1. The summed E-state index contributed by atoms with van der Waals surface area (Å²) in [6, 6.07) is 6.09. The first-order valence-corrected chi connectivity index (χ1v) is 5.76. The topological polar surface area (TPSA) is 64.3 Å². The number of benzene rings is 1. The molecule has 1 aromatic carbocycles. The summed E-state index contributed by atoms with van der Waals surface area (Å²) in [5.74, 6) is 5.73. The molecule has 0 heterocycles. The first-order valence-electron chi connectivity index (χ1n) is 5.76. The van der Waals surface area contributed by atoms with E-state index in [4.69, 9.17) is 10.6 Å². The van der Waals surface area contributed by atoms with Crippen LogP contribution in [0.5, 0.6) is 5.75 Å². The Bertz CT molecular complexity index is 391. The van der Waals surface area contributed by atoms with Gasteiger partial charge >= 0.3 is 0 Å². The summed E-state index contributed by atoms with van der Waals surface area (Å²) in [5.41, 5.74) is 4.38. The zero-order valence-corrected chi connectivity index (χ0v) is 10.6. The second kappa shape index (κ2) is 6.25. The molecule has 1 atom stereocenters. The van der Waals surface area contributed by atoms with Gasteiger partial charge in [0.25, 0.3) is 0 Å². The van der Waals surface area contributed by atoms with Gasteiger partial charge in [0.15, 0.2) is 0 Å². The Morgan fingerprint density at radius 1 is 1.47 bits per heavy atom. The van der Waals surface area contributed by atoms with Gasteiger partial charge in [0.2, 0.25) is 5.91 Å². The van der Waals surface area contributed by atoms with Crippen molar-refractivity contribution in [3.63, 3.8) is 0 Å². The molecule has 0 saturated carbocycles. The Morgan fingerprint density at radius 3 is 2.82 bits per heavy atom. The van der Waals surface area contributed by atoms with Crippen molar-refractivity contribution in [3.05, 3.63) is 29.3 Å². The minimum atomic E-state index is -0.165. The number of nitrogens with two attached hydrogens (primary N) is 1. The Morgan fingerprint density at radius 2 is 2.18 bits per heavy atom. The van der Waals surface area contributed by atoms with Crippen LogP contribution in [0.25, 0.3) is 0 Å². The fraction of sp³-hybridized carbons (Fsp3) is 0.462. The molecule has 1 unspecified atom stereocenters. The van der Waals surface area contributed by atoms with Gasteiger partial charge in [-0.3, -0.25) is 10.2 Å². The molecule has 0 saturated heterocycles. The lowest BCUT2D eigenvalue weighted by molar-refractivity contribution is -0.121. The zero-order valence-electron chi connectivity index (χ0n) is 10.6. The molecule has 0 aromatic heterocycles. The van der Waals surface area contributed by atoms with E-state index in [1.54, 1.807) is 0 Å². The lowest BCUT2D eigenvalue weighted by Crippen LogP contribution is -2.30. The molecule has 0 aliphatic carbocycles. The minimum Gasteiger partial charge on any atom is -0.490 e. The average molecular weight is 236 g/mol. The van der Waals surface area contributed by atoms with Crippen molar-refractivity contribution in [1.29, 1.82) is 0 Å². The van der Waals surface area contributed by atoms with Crippen molar-refractivity contribution in [3.8, 4) is 5.75 Å². The molecule has 4 nitrogen and oxygen atoms in total. The normalized spacial score (nSPS) is 12.0. The highest BCUT2D eigenvalue weighted by molar-refractivity contribution is 5.75. The summed E-state index contributed by atoms with van der Waals surface area (Å²) in [7, 11) is 0. The molecule has 4 heteroatoms. The van der Waals surface area contributed by atoms with E-state index in [-0.39, 0.29) is 12.0 Å². The highest BCUT2D eigenvalue weighted by Gasteiger charge is 2.09. The van der Waals surface area contributed by atoms with Gasteiger partial charge in [-0.1, -0.05) is 12.1 Å². The summed E-state index contributed by atoms with van der Waals surface area (Å²) < 4.78 is 5.80. The van der Waals surface area contributed by atoms with Crippen LogP contribution in [-0.2, 0) is 4.79 Å². The van der Waals surface area contributed by atoms with E-state index >= 15 is 0 Å². The number of carbonyl (C=O) groups is 1. The summed E-state index contributed by atoms with van der Waals surface area (Å²) >= 11 is 0. The molecule has 0 aliphatic rings. The van der Waals surface area contributed by atoms with Crippen LogP contribution in [0, 0.1) is 13.8 Å². The number of carbonyl (C=O) groups excluding carboxylic acids is 1. The van der Waals surface area contributed by atoms with E-state index in [1.807, 2.05) is 32.9 Å². The highest BCUT2D eigenvalue weighted by Crippen LogP contribution is 2.21. The molecule has 0 fully saturated rings. The monoisotopic (exact) mass is 236 g/mol. The van der Waals surface area contributed by atoms with Gasteiger partial charge in [-0.15, -0.1) is 0 Å². The van der Waals surface area contributed by atoms with Crippen molar-refractivity contribution in [2.24, 2.45) is 5.84 Å². The van der Waals surface area contributed by atoms with Gasteiger partial charge in [-0.2, -0.15) is 0 Å². The number of hydrogen-bond acceptors (Lipinski definition) is 3. The first-order chi connectivity index (χ1) is 8.02. The third kappa shape index (κ3) is 4.44. The Kier molecular flexibility index (Phi) is 4.97. The molecule has 0 radical (unpaired) electrons. The standard InChI is InChI=1S/C13H20N2O2/c1-9-4-5-10(2)12(8-9)17-11(3)6-7-13(16)15-14/h4-5,8,11H,6-7,14H2,1-3H3,(H,15,16). The largest absolute Gasteiger partial charge is 0.490 e. The van der Waals surface area contributed by atoms with E-state index in [0.29, 0.717) is 12.8 Å². The van der Waals surface area contributed by atoms with Crippen molar-refractivity contribution in [1.82, 2.24) is 5.43 Å². The fourth-order valence-corrected chi connectivity index (χ4v) is 1.52. The Hall–Kier alpha value is -1.55. The van der Waals surface area contributed by atoms with Gasteiger partial charge in [-0.25, -0.2) is 5.84 Å². The smallest absolute Gasteiger partial charge is 0.234 e. The summed E-state index contributed by atoms with van der Waals surface area (Å²) in [4.78, 5) is 11.0.